The summed E-state index contributed by atoms with van der Waals surface area (Å²) in [7, 11) is 0. The maximum Gasteiger partial charge on any atom is 0.154 e. The van der Waals surface area contributed by atoms with Gasteiger partial charge in [-0.25, -0.2) is 0 Å². The fraction of sp³-hybridized carbons (Fsp3) is 0.500. The first kappa shape index (κ1) is 14.4. The molecule has 2 nitrogen and oxygen atoms in total. The zero-order valence-corrected chi connectivity index (χ0v) is 11.9. The van der Waals surface area contributed by atoms with Crippen molar-refractivity contribution in [3.05, 3.63) is 34.4 Å². The Morgan fingerprint density at radius 2 is 1.72 bits per heavy atom. The van der Waals surface area contributed by atoms with Gasteiger partial charge in [0.25, 0.3) is 0 Å². The molecule has 1 atom stereocenters. The minimum atomic E-state index is -0.618. The highest BCUT2D eigenvalue weighted by atomic mass is 16.1. The fourth-order valence-corrected chi connectivity index (χ4v) is 2.46. The topological polar surface area (TPSA) is 40.9 Å². The largest absolute Gasteiger partial charge is 0.298 e. The minimum Gasteiger partial charge on any atom is -0.298 e. The molecule has 0 spiro atoms. The molecule has 1 rings (SSSR count). The predicted octanol–water partition coefficient (Wildman–Crippen LogP) is 3.83. The van der Waals surface area contributed by atoms with Crippen LogP contribution in [-0.2, 0) is 4.79 Å². The van der Waals surface area contributed by atoms with E-state index in [2.05, 4.69) is 6.07 Å². The number of nitrogens with zero attached hydrogens (tertiary/aromatic N) is 1. The standard InChI is InChI=1S/C16H21NO/c1-10(2)6-15(18)14(9-17)16-12(4)7-11(3)8-13(16)5/h7-8,10,14H,6H2,1-5H3. The first-order chi connectivity index (χ1) is 8.36. The van der Waals surface area contributed by atoms with Crippen LogP contribution in [0.25, 0.3) is 0 Å². The van der Waals surface area contributed by atoms with Gasteiger partial charge >= 0.3 is 0 Å². The Bertz CT molecular complexity index is 471. The number of hydrogen-bond acceptors (Lipinski definition) is 2. The van der Waals surface area contributed by atoms with E-state index < -0.39 is 5.92 Å². The van der Waals surface area contributed by atoms with Crippen molar-refractivity contribution >= 4 is 5.78 Å². The van der Waals surface area contributed by atoms with E-state index in [0.29, 0.717) is 12.3 Å². The van der Waals surface area contributed by atoms with Gasteiger partial charge in [-0.1, -0.05) is 31.5 Å². The molecule has 0 N–H and O–H groups in total. The monoisotopic (exact) mass is 243 g/mol. The van der Waals surface area contributed by atoms with E-state index in [9.17, 15) is 10.1 Å². The van der Waals surface area contributed by atoms with Crippen molar-refractivity contribution in [2.24, 2.45) is 5.92 Å². The normalized spacial score (nSPS) is 12.3. The number of nitriles is 1. The molecule has 0 aliphatic heterocycles. The maximum atomic E-state index is 12.2. The molecule has 0 saturated carbocycles. The highest BCUT2D eigenvalue weighted by molar-refractivity contribution is 5.89. The van der Waals surface area contributed by atoms with E-state index in [1.165, 1.54) is 5.56 Å². The summed E-state index contributed by atoms with van der Waals surface area (Å²) in [5.74, 6) is -0.296. The molecule has 96 valence electrons. The van der Waals surface area contributed by atoms with Crippen LogP contribution in [-0.4, -0.2) is 5.78 Å². The van der Waals surface area contributed by atoms with Crippen LogP contribution < -0.4 is 0 Å². The van der Waals surface area contributed by atoms with Crippen molar-refractivity contribution in [3.8, 4) is 6.07 Å². The van der Waals surface area contributed by atoms with Gasteiger partial charge in [-0.05, 0) is 43.4 Å². The summed E-state index contributed by atoms with van der Waals surface area (Å²) >= 11 is 0. The summed E-state index contributed by atoms with van der Waals surface area (Å²) in [6.45, 7) is 9.98. The number of aryl methyl sites for hydroxylation is 3. The molecule has 2 heteroatoms. The third-order valence-corrected chi connectivity index (χ3v) is 3.09. The van der Waals surface area contributed by atoms with Gasteiger partial charge in [-0.3, -0.25) is 4.79 Å². The molecule has 1 aromatic carbocycles. The molecule has 0 amide bonds. The van der Waals surface area contributed by atoms with Crippen molar-refractivity contribution < 1.29 is 4.79 Å². The second kappa shape index (κ2) is 5.82. The Morgan fingerprint density at radius 3 is 2.11 bits per heavy atom. The minimum absolute atomic E-state index is 0.0301. The Hall–Kier alpha value is -1.62. The number of Topliss-reactive ketones (excluding diaryl/α,β-unsaturated/α-hetero) is 1. The molecule has 0 aliphatic rings. The first-order valence-corrected chi connectivity index (χ1v) is 6.36. The van der Waals surface area contributed by atoms with E-state index in [1.54, 1.807) is 0 Å². The second-order valence-electron chi connectivity index (χ2n) is 5.44. The van der Waals surface area contributed by atoms with Crippen LogP contribution in [0, 0.1) is 38.0 Å². The van der Waals surface area contributed by atoms with Gasteiger partial charge in [-0.2, -0.15) is 5.26 Å². The van der Waals surface area contributed by atoms with Gasteiger partial charge in [0.1, 0.15) is 5.92 Å². The molecule has 1 unspecified atom stereocenters. The maximum absolute atomic E-state index is 12.2. The zero-order chi connectivity index (χ0) is 13.9. The lowest BCUT2D eigenvalue weighted by Gasteiger charge is -2.16. The molecule has 0 aromatic heterocycles. The average molecular weight is 243 g/mol. The van der Waals surface area contributed by atoms with Crippen molar-refractivity contribution in [3.63, 3.8) is 0 Å². The molecule has 0 fully saturated rings. The van der Waals surface area contributed by atoms with Crippen LogP contribution in [0.2, 0.25) is 0 Å². The Balaban J connectivity index is 3.19. The zero-order valence-electron chi connectivity index (χ0n) is 11.9. The van der Waals surface area contributed by atoms with E-state index in [0.717, 1.165) is 16.7 Å². The van der Waals surface area contributed by atoms with Crippen LogP contribution in [0.4, 0.5) is 0 Å². The number of benzene rings is 1. The number of ketones is 1. The van der Waals surface area contributed by atoms with Crippen molar-refractivity contribution in [2.75, 3.05) is 0 Å². The summed E-state index contributed by atoms with van der Waals surface area (Å²) in [6, 6.07) is 6.25. The lowest BCUT2D eigenvalue weighted by Crippen LogP contribution is -2.15. The Labute approximate surface area is 110 Å². The molecule has 0 aliphatic carbocycles. The van der Waals surface area contributed by atoms with Crippen molar-refractivity contribution in [1.29, 1.82) is 5.26 Å². The van der Waals surface area contributed by atoms with Gasteiger partial charge in [0.15, 0.2) is 5.78 Å². The third kappa shape index (κ3) is 3.20. The van der Waals surface area contributed by atoms with Gasteiger partial charge < -0.3 is 0 Å². The molecular weight excluding hydrogens is 222 g/mol. The summed E-state index contributed by atoms with van der Waals surface area (Å²) in [4.78, 5) is 12.2. The number of hydrogen-bond donors (Lipinski definition) is 0. The summed E-state index contributed by atoms with van der Waals surface area (Å²) < 4.78 is 0. The third-order valence-electron chi connectivity index (χ3n) is 3.09. The van der Waals surface area contributed by atoms with E-state index in [1.807, 2.05) is 46.8 Å². The molecule has 18 heavy (non-hydrogen) atoms. The number of carbonyl (C=O) groups is 1. The Morgan fingerprint density at radius 1 is 1.22 bits per heavy atom. The predicted molar refractivity (Wildman–Crippen MR) is 73.5 cm³/mol. The van der Waals surface area contributed by atoms with Gasteiger partial charge in [0.2, 0.25) is 0 Å². The van der Waals surface area contributed by atoms with Crippen LogP contribution in [0.1, 0.15) is 48.4 Å². The first-order valence-electron chi connectivity index (χ1n) is 6.36. The van der Waals surface area contributed by atoms with Gasteiger partial charge in [0, 0.05) is 6.42 Å². The summed E-state index contributed by atoms with van der Waals surface area (Å²) in [6.07, 6.45) is 0.463. The lowest BCUT2D eigenvalue weighted by atomic mass is 9.85. The van der Waals surface area contributed by atoms with Crippen LogP contribution in [0.5, 0.6) is 0 Å². The summed E-state index contributed by atoms with van der Waals surface area (Å²) in [5, 5.41) is 9.31. The molecular formula is C16H21NO. The average Bonchev–Trinajstić information content (AvgIpc) is 2.21. The van der Waals surface area contributed by atoms with E-state index in [4.69, 9.17) is 0 Å². The van der Waals surface area contributed by atoms with Crippen LogP contribution >= 0.6 is 0 Å². The van der Waals surface area contributed by atoms with Gasteiger partial charge in [0.05, 0.1) is 6.07 Å². The second-order valence-corrected chi connectivity index (χ2v) is 5.44. The smallest absolute Gasteiger partial charge is 0.154 e. The molecule has 0 heterocycles. The van der Waals surface area contributed by atoms with Crippen LogP contribution in [0.15, 0.2) is 12.1 Å². The molecule has 1 aromatic rings. The summed E-state index contributed by atoms with van der Waals surface area (Å²) in [5.41, 5.74) is 4.14. The van der Waals surface area contributed by atoms with E-state index in [-0.39, 0.29) is 5.78 Å². The fourth-order valence-electron chi connectivity index (χ4n) is 2.46. The quantitative estimate of drug-likeness (QED) is 0.806. The number of carbonyl (C=O) groups excluding carboxylic acids is 1. The highest BCUT2D eigenvalue weighted by Gasteiger charge is 2.24. The highest BCUT2D eigenvalue weighted by Crippen LogP contribution is 2.27. The lowest BCUT2D eigenvalue weighted by molar-refractivity contribution is -0.120. The van der Waals surface area contributed by atoms with E-state index >= 15 is 0 Å². The number of rotatable bonds is 4. The van der Waals surface area contributed by atoms with Crippen molar-refractivity contribution in [2.45, 2.75) is 47.0 Å². The molecule has 0 bridgehead atoms. The molecule has 0 radical (unpaired) electrons. The Kier molecular flexibility index (Phi) is 4.67. The van der Waals surface area contributed by atoms with Gasteiger partial charge in [-0.15, -0.1) is 0 Å². The van der Waals surface area contributed by atoms with Crippen molar-refractivity contribution in [1.82, 2.24) is 0 Å². The molecule has 0 saturated heterocycles. The SMILES string of the molecule is Cc1cc(C)c(C(C#N)C(=O)CC(C)C)c(C)c1. The van der Waals surface area contributed by atoms with Crippen LogP contribution in [0.3, 0.4) is 0 Å².